The number of aliphatic hydroxyl groups is 3. The molecule has 212 valence electrons. The average molecular weight is 530 g/mol. The van der Waals surface area contributed by atoms with E-state index in [1.54, 1.807) is 4.90 Å². The maximum absolute atomic E-state index is 10.3. The Kier molecular flexibility index (Phi) is 34.0. The summed E-state index contributed by atoms with van der Waals surface area (Å²) in [6.07, 6.45) is 21.2. The van der Waals surface area contributed by atoms with Gasteiger partial charge in [-0.1, -0.05) is 70.4 Å². The molecule has 0 aromatic heterocycles. The van der Waals surface area contributed by atoms with Crippen LogP contribution in [0.1, 0.15) is 96.8 Å². The van der Waals surface area contributed by atoms with Crippen molar-refractivity contribution in [1.29, 1.82) is 0 Å². The molecule has 0 aliphatic heterocycles. The van der Waals surface area contributed by atoms with Crippen LogP contribution < -0.4 is 0 Å². The van der Waals surface area contributed by atoms with E-state index >= 15 is 0 Å². The van der Waals surface area contributed by atoms with Crippen LogP contribution in [-0.4, -0.2) is 88.3 Å². The third-order valence-electron chi connectivity index (χ3n) is 4.90. The van der Waals surface area contributed by atoms with E-state index < -0.39 is 16.4 Å². The number of aliphatic hydroxyl groups excluding tert-OH is 3. The zero-order valence-corrected chi connectivity index (χ0v) is 22.4. The molecule has 11 heteroatoms. The third-order valence-corrected chi connectivity index (χ3v) is 4.90. The highest BCUT2D eigenvalue weighted by atomic mass is 32.3. The highest BCUT2D eigenvalue weighted by molar-refractivity contribution is 7.79. The number of allylic oxidation sites excluding steroid dienone is 2. The molecule has 0 aliphatic rings. The molecule has 0 aromatic rings. The lowest BCUT2D eigenvalue weighted by atomic mass is 10.1. The van der Waals surface area contributed by atoms with Gasteiger partial charge in [-0.05, 0) is 32.1 Å². The quantitative estimate of drug-likeness (QED) is 0.0730. The number of carboxylic acid groups (broad SMARTS) is 1. The Balaban J connectivity index is -0.000000563. The van der Waals surface area contributed by atoms with Crippen LogP contribution in [0.4, 0.5) is 0 Å². The second kappa shape index (κ2) is 31.0. The number of hydrogen-bond acceptors (Lipinski definition) is 7. The van der Waals surface area contributed by atoms with E-state index in [1.807, 2.05) is 0 Å². The summed E-state index contributed by atoms with van der Waals surface area (Å²) in [6.45, 7) is 4.01. The van der Waals surface area contributed by atoms with Crippen molar-refractivity contribution in [2.24, 2.45) is 0 Å². The normalized spacial score (nSPS) is 11.2. The van der Waals surface area contributed by atoms with Gasteiger partial charge < -0.3 is 20.4 Å². The Hall–Kier alpha value is -1.08. The van der Waals surface area contributed by atoms with Crippen LogP contribution in [0.3, 0.4) is 0 Å². The van der Waals surface area contributed by atoms with Gasteiger partial charge in [-0.3, -0.25) is 18.8 Å². The monoisotopic (exact) mass is 529 g/mol. The smallest absolute Gasteiger partial charge is 0.394 e. The van der Waals surface area contributed by atoms with Gasteiger partial charge in [0.15, 0.2) is 0 Å². The Bertz CT molecular complexity index is 535. The summed E-state index contributed by atoms with van der Waals surface area (Å²) in [6, 6.07) is 0. The fraction of sp³-hybridized carbons (Fsp3) is 0.875. The van der Waals surface area contributed by atoms with Gasteiger partial charge in [-0.15, -0.1) is 0 Å². The first-order valence-corrected chi connectivity index (χ1v) is 14.1. The highest BCUT2D eigenvalue weighted by Crippen LogP contribution is 2.09. The van der Waals surface area contributed by atoms with Crippen molar-refractivity contribution in [2.45, 2.75) is 96.8 Å². The highest BCUT2D eigenvalue weighted by Gasteiger charge is 2.00. The number of nitrogens with zero attached hydrogens (tertiary/aromatic N) is 1. The Morgan fingerprint density at radius 3 is 1.37 bits per heavy atom. The summed E-state index contributed by atoms with van der Waals surface area (Å²) in [7, 11) is -4.67. The summed E-state index contributed by atoms with van der Waals surface area (Å²) in [4.78, 5) is 12.1. The molecule has 0 aliphatic carbocycles. The number of carbonyl (C=O) groups is 1. The lowest BCUT2D eigenvalue weighted by Crippen LogP contribution is -2.32. The molecular formula is C24H51NO9S. The van der Waals surface area contributed by atoms with Gasteiger partial charge in [0.2, 0.25) is 0 Å². The topological polar surface area (TPSA) is 176 Å². The molecule has 0 aromatic carbocycles. The number of rotatable bonds is 21. The van der Waals surface area contributed by atoms with E-state index in [4.69, 9.17) is 37.9 Å². The van der Waals surface area contributed by atoms with Gasteiger partial charge in [0.05, 0.1) is 19.8 Å². The first-order chi connectivity index (χ1) is 16.6. The molecule has 0 spiro atoms. The lowest BCUT2D eigenvalue weighted by molar-refractivity contribution is -0.137. The molecule has 0 fully saturated rings. The molecule has 0 saturated carbocycles. The van der Waals surface area contributed by atoms with Crippen LogP contribution in [0.15, 0.2) is 12.2 Å². The van der Waals surface area contributed by atoms with E-state index in [-0.39, 0.29) is 19.8 Å². The number of aliphatic carboxylic acids is 1. The molecular weight excluding hydrogens is 478 g/mol. The van der Waals surface area contributed by atoms with Crippen LogP contribution in [0.5, 0.6) is 0 Å². The molecule has 0 rings (SSSR count). The molecule has 0 saturated heterocycles. The minimum atomic E-state index is -4.67. The molecule has 0 heterocycles. The number of unbranched alkanes of at least 4 members (excludes halogenated alkanes) is 11. The Morgan fingerprint density at radius 1 is 0.686 bits per heavy atom. The van der Waals surface area contributed by atoms with Gasteiger partial charge in [-0.25, -0.2) is 0 Å². The van der Waals surface area contributed by atoms with E-state index in [9.17, 15) is 4.79 Å². The summed E-state index contributed by atoms with van der Waals surface area (Å²) < 4.78 is 31.6. The maximum atomic E-state index is 10.3. The van der Waals surface area contributed by atoms with Gasteiger partial charge in [0, 0.05) is 26.1 Å². The minimum absolute atomic E-state index is 0.0694. The number of carboxylic acids is 1. The van der Waals surface area contributed by atoms with E-state index in [1.165, 1.54) is 70.6 Å². The van der Waals surface area contributed by atoms with Crippen LogP contribution in [0.2, 0.25) is 0 Å². The summed E-state index contributed by atoms with van der Waals surface area (Å²) >= 11 is 0. The second-order valence-corrected chi connectivity index (χ2v) is 9.08. The molecule has 0 atom stereocenters. The fourth-order valence-corrected chi connectivity index (χ4v) is 3.11. The lowest BCUT2D eigenvalue weighted by Gasteiger charge is -2.17. The predicted molar refractivity (Wildman–Crippen MR) is 139 cm³/mol. The zero-order chi connectivity index (χ0) is 27.2. The van der Waals surface area contributed by atoms with Crippen LogP contribution in [0, 0.1) is 0 Å². The van der Waals surface area contributed by atoms with E-state index in [0.717, 1.165) is 12.8 Å². The summed E-state index contributed by atoms with van der Waals surface area (Å²) in [5, 5.41) is 34.0. The first kappa shape index (κ1) is 38.5. The van der Waals surface area contributed by atoms with Crippen molar-refractivity contribution in [3.05, 3.63) is 12.2 Å². The molecule has 6 N–H and O–H groups in total. The third kappa shape index (κ3) is 50.7. The first-order valence-electron chi connectivity index (χ1n) is 12.7. The molecule has 0 radical (unpaired) electrons. The molecule has 0 unspecified atom stereocenters. The standard InChI is InChI=1S/C18H34O2.C6H15NO3.H2O4S/c1-2-3-4-5-6-7-8-9-10-11-12-13-14-15-16-17-18(19)20;8-4-1-7(2-5-9)3-6-10;1-5(2,3)4/h9-10H,2-8,11-17H2,1H3,(H,19,20);8-10H,1-6H2;(H2,1,2,3,4). The van der Waals surface area contributed by atoms with Crippen LogP contribution >= 0.6 is 0 Å². The van der Waals surface area contributed by atoms with Crippen molar-refractivity contribution in [3.63, 3.8) is 0 Å². The largest absolute Gasteiger partial charge is 0.481 e. The minimum Gasteiger partial charge on any atom is -0.481 e. The Labute approximate surface area is 212 Å². The van der Waals surface area contributed by atoms with Crippen LogP contribution in [0.25, 0.3) is 0 Å². The van der Waals surface area contributed by atoms with Crippen molar-refractivity contribution in [2.75, 3.05) is 39.5 Å². The summed E-state index contributed by atoms with van der Waals surface area (Å²) in [5.41, 5.74) is 0. The van der Waals surface area contributed by atoms with Gasteiger partial charge >= 0.3 is 16.4 Å². The summed E-state index contributed by atoms with van der Waals surface area (Å²) in [5.74, 6) is -0.664. The van der Waals surface area contributed by atoms with E-state index in [2.05, 4.69) is 19.1 Å². The van der Waals surface area contributed by atoms with E-state index in [0.29, 0.717) is 26.1 Å². The van der Waals surface area contributed by atoms with Crippen molar-refractivity contribution in [1.82, 2.24) is 4.90 Å². The predicted octanol–water partition coefficient (Wildman–Crippen LogP) is 3.72. The SMILES string of the molecule is CCCCCCCCC=CCCCCCCCC(=O)O.O=S(=O)(O)O.OCCN(CCO)CCO. The van der Waals surface area contributed by atoms with Gasteiger partial charge in [-0.2, -0.15) is 8.42 Å². The van der Waals surface area contributed by atoms with Crippen LogP contribution in [-0.2, 0) is 15.2 Å². The Morgan fingerprint density at radius 2 is 1.03 bits per heavy atom. The molecule has 35 heavy (non-hydrogen) atoms. The van der Waals surface area contributed by atoms with Crippen molar-refractivity contribution in [3.8, 4) is 0 Å². The van der Waals surface area contributed by atoms with Crippen molar-refractivity contribution < 1.29 is 42.7 Å². The fourth-order valence-electron chi connectivity index (χ4n) is 3.11. The second-order valence-electron chi connectivity index (χ2n) is 8.19. The molecule has 0 bridgehead atoms. The molecule has 0 amide bonds. The zero-order valence-electron chi connectivity index (χ0n) is 21.6. The molecule has 10 nitrogen and oxygen atoms in total. The number of hydrogen-bond donors (Lipinski definition) is 6. The van der Waals surface area contributed by atoms with Crippen molar-refractivity contribution >= 4 is 16.4 Å². The maximum Gasteiger partial charge on any atom is 0.394 e. The average Bonchev–Trinajstić information content (AvgIpc) is 2.76. The van der Waals surface area contributed by atoms with Gasteiger partial charge in [0.1, 0.15) is 0 Å². The van der Waals surface area contributed by atoms with Gasteiger partial charge in [0.25, 0.3) is 0 Å².